The predicted octanol–water partition coefficient (Wildman–Crippen LogP) is 3.54. The monoisotopic (exact) mass is 338 g/mol. The molecule has 0 aliphatic heterocycles. The van der Waals surface area contributed by atoms with Crippen LogP contribution in [0.25, 0.3) is 0 Å². The van der Waals surface area contributed by atoms with Crippen molar-refractivity contribution in [3.8, 4) is 0 Å². The molecule has 0 aliphatic carbocycles. The van der Waals surface area contributed by atoms with E-state index in [0.29, 0.717) is 19.6 Å². The molecule has 1 rings (SSSR count). The van der Waals surface area contributed by atoms with Gasteiger partial charge in [-0.05, 0) is 30.5 Å². The number of benzene rings is 1. The molecule has 0 aliphatic rings. The largest absolute Gasteiger partial charge is 0.479 e. The van der Waals surface area contributed by atoms with Crippen LogP contribution in [0.15, 0.2) is 24.3 Å². The zero-order valence-corrected chi connectivity index (χ0v) is 11.9. The molecule has 0 radical (unpaired) electrons. The van der Waals surface area contributed by atoms with Crippen molar-refractivity contribution in [2.75, 3.05) is 6.61 Å². The van der Waals surface area contributed by atoms with Crippen LogP contribution in [0.2, 0.25) is 0 Å². The Hall–Kier alpha value is -0.650. The van der Waals surface area contributed by atoms with Gasteiger partial charge in [-0.25, -0.2) is 9.18 Å². The molecule has 18 heavy (non-hydrogen) atoms. The summed E-state index contributed by atoms with van der Waals surface area (Å²) in [5.41, 5.74) is 0.740. The van der Waals surface area contributed by atoms with Crippen molar-refractivity contribution in [2.45, 2.75) is 23.2 Å². The first-order valence-corrected chi connectivity index (χ1v) is 6.52. The van der Waals surface area contributed by atoms with E-state index in [1.165, 1.54) is 12.1 Å². The maximum atomic E-state index is 12.8. The van der Waals surface area contributed by atoms with Crippen molar-refractivity contribution >= 4 is 33.5 Å². The number of carboxylic acid groups (broad SMARTS) is 1. The molecule has 0 fully saturated rings. The lowest BCUT2D eigenvalue weighted by atomic mass is 10.2. The van der Waals surface area contributed by atoms with Gasteiger partial charge < -0.3 is 9.84 Å². The summed E-state index contributed by atoms with van der Waals surface area (Å²) in [6, 6.07) is 6.13. The van der Waals surface area contributed by atoms with Crippen LogP contribution < -0.4 is 0 Å². The highest BCUT2D eigenvalue weighted by molar-refractivity contribution is 9.10. The van der Waals surface area contributed by atoms with Gasteiger partial charge in [0.1, 0.15) is 5.82 Å². The first kappa shape index (κ1) is 15.4. The van der Waals surface area contributed by atoms with Crippen LogP contribution in [-0.4, -0.2) is 21.5 Å². The second-order valence-electron chi connectivity index (χ2n) is 3.80. The topological polar surface area (TPSA) is 46.5 Å². The zero-order valence-electron chi connectivity index (χ0n) is 9.54. The average Bonchev–Trinajstić information content (AvgIpc) is 2.28. The van der Waals surface area contributed by atoms with Crippen molar-refractivity contribution < 1.29 is 19.0 Å². The number of halogens is 3. The number of hydrogen-bond donors (Lipinski definition) is 1. The van der Waals surface area contributed by atoms with Gasteiger partial charge in [-0.3, -0.25) is 0 Å². The minimum Gasteiger partial charge on any atom is -0.479 e. The first-order valence-electron chi connectivity index (χ1n) is 5.35. The molecule has 1 aromatic carbocycles. The van der Waals surface area contributed by atoms with Crippen LogP contribution in [0.3, 0.4) is 0 Å². The number of carboxylic acids is 1. The molecule has 3 nitrogen and oxygen atoms in total. The summed E-state index contributed by atoms with van der Waals surface area (Å²) in [6.45, 7) is 0.659. The molecule has 0 amide bonds. The van der Waals surface area contributed by atoms with E-state index in [1.54, 1.807) is 12.1 Å². The third-order valence-corrected chi connectivity index (χ3v) is 3.34. The Balaban J connectivity index is 2.22. The summed E-state index contributed by atoms with van der Waals surface area (Å²) in [6.07, 6.45) is 0.739. The van der Waals surface area contributed by atoms with Crippen molar-refractivity contribution in [3.63, 3.8) is 0 Å². The van der Waals surface area contributed by atoms with Crippen molar-refractivity contribution in [2.24, 2.45) is 0 Å². The van der Waals surface area contributed by atoms with Crippen LogP contribution in [-0.2, 0) is 16.1 Å². The zero-order chi connectivity index (χ0) is 13.6. The highest BCUT2D eigenvalue weighted by atomic mass is 79.9. The van der Waals surface area contributed by atoms with E-state index in [4.69, 9.17) is 21.4 Å². The van der Waals surface area contributed by atoms with E-state index in [0.717, 1.165) is 5.56 Å². The molecule has 0 bridgehead atoms. The summed E-state index contributed by atoms with van der Waals surface area (Å²) in [5.74, 6) is -1.42. The third-order valence-electron chi connectivity index (χ3n) is 2.25. The number of alkyl halides is 2. The summed E-state index contributed by atoms with van der Waals surface area (Å²) in [7, 11) is 0. The van der Waals surface area contributed by atoms with Gasteiger partial charge in [0.05, 0.1) is 6.61 Å². The van der Waals surface area contributed by atoms with Gasteiger partial charge in [-0.1, -0.05) is 39.7 Å². The molecule has 1 atom stereocenters. The SMILES string of the molecule is O=C(O)C(Cl)(Br)CCCOCc1cccc(F)c1. The average molecular weight is 340 g/mol. The van der Waals surface area contributed by atoms with Crippen LogP contribution in [0, 0.1) is 5.82 Å². The summed E-state index contributed by atoms with van der Waals surface area (Å²) < 4.78 is 16.7. The lowest BCUT2D eigenvalue weighted by Gasteiger charge is -2.13. The molecule has 0 spiro atoms. The predicted molar refractivity (Wildman–Crippen MR) is 70.4 cm³/mol. The Labute approximate surface area is 118 Å². The number of ether oxygens (including phenoxy) is 1. The van der Waals surface area contributed by atoms with Gasteiger partial charge in [0.25, 0.3) is 0 Å². The van der Waals surface area contributed by atoms with Gasteiger partial charge in [-0.2, -0.15) is 0 Å². The Morgan fingerprint density at radius 2 is 2.28 bits per heavy atom. The molecule has 100 valence electrons. The van der Waals surface area contributed by atoms with E-state index < -0.39 is 9.75 Å². The number of hydrogen-bond acceptors (Lipinski definition) is 2. The summed E-state index contributed by atoms with van der Waals surface area (Å²) >= 11 is 8.61. The number of carbonyl (C=O) groups is 1. The van der Waals surface area contributed by atoms with Crippen molar-refractivity contribution in [1.29, 1.82) is 0 Å². The third kappa shape index (κ3) is 5.33. The Bertz CT molecular complexity index is 412. The summed E-state index contributed by atoms with van der Waals surface area (Å²) in [5, 5.41) is 8.75. The fourth-order valence-electron chi connectivity index (χ4n) is 1.32. The van der Waals surface area contributed by atoms with Gasteiger partial charge in [0.2, 0.25) is 0 Å². The Kier molecular flexibility index (Phi) is 6.05. The van der Waals surface area contributed by atoms with Gasteiger partial charge in [0, 0.05) is 6.61 Å². The van der Waals surface area contributed by atoms with Crippen molar-refractivity contribution in [3.05, 3.63) is 35.6 Å². The van der Waals surface area contributed by atoms with Gasteiger partial charge >= 0.3 is 5.97 Å². The Morgan fingerprint density at radius 3 is 2.89 bits per heavy atom. The highest BCUT2D eigenvalue weighted by Gasteiger charge is 2.31. The lowest BCUT2D eigenvalue weighted by Crippen LogP contribution is -2.25. The normalized spacial score (nSPS) is 14.2. The molecule has 0 heterocycles. The molecular weight excluding hydrogens is 326 g/mol. The van der Waals surface area contributed by atoms with Crippen molar-refractivity contribution in [1.82, 2.24) is 0 Å². The fourth-order valence-corrected chi connectivity index (χ4v) is 1.73. The quantitative estimate of drug-likeness (QED) is 0.610. The molecule has 0 aromatic heterocycles. The molecule has 6 heteroatoms. The maximum Gasteiger partial charge on any atom is 0.335 e. The van der Waals surface area contributed by atoms with E-state index in [2.05, 4.69) is 15.9 Å². The minimum atomic E-state index is -1.44. The van der Waals surface area contributed by atoms with Gasteiger partial charge in [-0.15, -0.1) is 0 Å². The summed E-state index contributed by atoms with van der Waals surface area (Å²) in [4.78, 5) is 10.7. The van der Waals surface area contributed by atoms with E-state index >= 15 is 0 Å². The number of aliphatic carboxylic acids is 1. The lowest BCUT2D eigenvalue weighted by molar-refractivity contribution is -0.137. The van der Waals surface area contributed by atoms with E-state index in [9.17, 15) is 9.18 Å². The molecule has 1 aromatic rings. The van der Waals surface area contributed by atoms with Crippen LogP contribution in [0.4, 0.5) is 4.39 Å². The molecule has 0 saturated carbocycles. The van der Waals surface area contributed by atoms with Gasteiger partial charge in [0.15, 0.2) is 3.78 Å². The number of rotatable bonds is 7. The molecule has 1 unspecified atom stereocenters. The minimum absolute atomic E-state index is 0.243. The highest BCUT2D eigenvalue weighted by Crippen LogP contribution is 2.29. The standard InChI is InChI=1S/C12H13BrClFO3/c13-12(14,11(16)17)5-2-6-18-8-9-3-1-4-10(15)7-9/h1,3-4,7H,2,5-6,8H2,(H,16,17). The van der Waals surface area contributed by atoms with E-state index in [-0.39, 0.29) is 12.2 Å². The maximum absolute atomic E-state index is 12.8. The van der Waals surface area contributed by atoms with Crippen LogP contribution in [0.1, 0.15) is 18.4 Å². The second-order valence-corrected chi connectivity index (χ2v) is 6.25. The van der Waals surface area contributed by atoms with E-state index in [1.807, 2.05) is 0 Å². The first-order chi connectivity index (χ1) is 8.42. The second kappa shape index (κ2) is 7.07. The molecular formula is C12H13BrClFO3. The van der Waals surface area contributed by atoms with Crippen LogP contribution >= 0.6 is 27.5 Å². The fraction of sp³-hybridized carbons (Fsp3) is 0.417. The smallest absolute Gasteiger partial charge is 0.335 e. The molecule has 0 saturated heterocycles. The van der Waals surface area contributed by atoms with Crippen LogP contribution in [0.5, 0.6) is 0 Å². The Morgan fingerprint density at radius 1 is 1.56 bits per heavy atom. The molecule has 1 N–H and O–H groups in total.